The van der Waals surface area contributed by atoms with Crippen molar-refractivity contribution in [2.45, 2.75) is 24.9 Å². The van der Waals surface area contributed by atoms with Gasteiger partial charge in [-0.2, -0.15) is 0 Å². The lowest BCUT2D eigenvalue weighted by Gasteiger charge is -2.33. The smallest absolute Gasteiger partial charge is 0.257 e. The molecule has 8 heteroatoms. The number of furan rings is 1. The standard InChI is InChI=1S/C29H31N3O4S/c1-37-29(31)36-28(30)27-16-24-25(7-4-8-26(24)35-27)34-18-23(33)17-32-13-11-20(12-14-32)22-10-9-19-5-2-3-6-21(19)15-22/h2-10,15-16,20,23,30-31,33H,11-14,17-18H2,1H3/t23-/m1/s1. The Morgan fingerprint density at radius 3 is 2.62 bits per heavy atom. The van der Waals surface area contributed by atoms with Crippen molar-refractivity contribution in [1.29, 1.82) is 10.8 Å². The molecule has 7 nitrogen and oxygen atoms in total. The van der Waals surface area contributed by atoms with Crippen molar-refractivity contribution >= 4 is 44.6 Å². The number of benzene rings is 3. The molecule has 2 heterocycles. The molecule has 5 rings (SSSR count). The molecular weight excluding hydrogens is 486 g/mol. The minimum absolute atomic E-state index is 0.0775. The van der Waals surface area contributed by atoms with E-state index in [2.05, 4.69) is 47.4 Å². The molecule has 0 saturated carbocycles. The third kappa shape index (κ3) is 5.98. The number of aliphatic hydroxyl groups excluding tert-OH is 1. The molecule has 0 aliphatic carbocycles. The fraction of sp³-hybridized carbons (Fsp3) is 0.310. The fourth-order valence-electron chi connectivity index (χ4n) is 4.90. The number of thioether (sulfide) groups is 1. The van der Waals surface area contributed by atoms with E-state index in [0.29, 0.717) is 29.2 Å². The fourth-order valence-corrected chi connectivity index (χ4v) is 5.07. The Morgan fingerprint density at radius 1 is 1.05 bits per heavy atom. The zero-order valence-electron chi connectivity index (χ0n) is 20.8. The van der Waals surface area contributed by atoms with Gasteiger partial charge in [-0.15, -0.1) is 0 Å². The van der Waals surface area contributed by atoms with Crippen LogP contribution in [-0.4, -0.2) is 59.7 Å². The summed E-state index contributed by atoms with van der Waals surface area (Å²) in [5, 5.41) is 29.5. The molecule has 0 unspecified atom stereocenters. The number of ether oxygens (including phenoxy) is 2. The Balaban J connectivity index is 1.14. The van der Waals surface area contributed by atoms with Crippen LogP contribution in [0.4, 0.5) is 0 Å². The Kier molecular flexibility index (Phi) is 7.79. The predicted octanol–water partition coefficient (Wildman–Crippen LogP) is 5.85. The first-order valence-corrected chi connectivity index (χ1v) is 13.7. The van der Waals surface area contributed by atoms with Crippen LogP contribution < -0.4 is 4.74 Å². The molecule has 0 bridgehead atoms. The van der Waals surface area contributed by atoms with E-state index in [1.165, 1.54) is 16.3 Å². The first-order chi connectivity index (χ1) is 18.0. The molecule has 0 spiro atoms. The summed E-state index contributed by atoms with van der Waals surface area (Å²) in [5.41, 5.74) is 1.96. The summed E-state index contributed by atoms with van der Waals surface area (Å²) in [6.45, 7) is 2.62. The van der Waals surface area contributed by atoms with Crippen LogP contribution in [0, 0.1) is 10.8 Å². The summed E-state index contributed by atoms with van der Waals surface area (Å²) in [4.78, 5) is 2.31. The largest absolute Gasteiger partial charge is 0.490 e. The zero-order valence-corrected chi connectivity index (χ0v) is 21.6. The third-order valence-corrected chi connectivity index (χ3v) is 7.31. The highest BCUT2D eigenvalue weighted by atomic mass is 32.2. The van der Waals surface area contributed by atoms with E-state index in [4.69, 9.17) is 24.7 Å². The summed E-state index contributed by atoms with van der Waals surface area (Å²) in [6.07, 6.45) is 3.23. The van der Waals surface area contributed by atoms with Gasteiger partial charge in [0.15, 0.2) is 5.76 Å². The van der Waals surface area contributed by atoms with Gasteiger partial charge in [0.25, 0.3) is 5.90 Å². The lowest BCUT2D eigenvalue weighted by Crippen LogP contribution is -2.40. The van der Waals surface area contributed by atoms with Gasteiger partial charge in [0.05, 0.1) is 5.39 Å². The summed E-state index contributed by atoms with van der Waals surface area (Å²) in [6, 6.07) is 22.4. The van der Waals surface area contributed by atoms with Crippen LogP contribution >= 0.6 is 11.8 Å². The summed E-state index contributed by atoms with van der Waals surface area (Å²) in [7, 11) is 0. The molecule has 3 N–H and O–H groups in total. The average Bonchev–Trinajstić information content (AvgIpc) is 3.37. The molecule has 1 aliphatic rings. The van der Waals surface area contributed by atoms with Gasteiger partial charge in [0.2, 0.25) is 5.23 Å². The van der Waals surface area contributed by atoms with E-state index < -0.39 is 6.10 Å². The normalized spacial score (nSPS) is 15.6. The van der Waals surface area contributed by atoms with Gasteiger partial charge in [-0.05, 0) is 66.6 Å². The first-order valence-electron chi connectivity index (χ1n) is 12.4. The second kappa shape index (κ2) is 11.4. The number of piperidine rings is 1. The van der Waals surface area contributed by atoms with Crippen molar-refractivity contribution in [2.24, 2.45) is 0 Å². The number of aliphatic hydroxyl groups is 1. The highest BCUT2D eigenvalue weighted by molar-refractivity contribution is 8.12. The van der Waals surface area contributed by atoms with Gasteiger partial charge in [-0.3, -0.25) is 10.8 Å². The monoisotopic (exact) mass is 517 g/mol. The second-order valence-corrected chi connectivity index (χ2v) is 10.1. The van der Waals surface area contributed by atoms with Crippen LogP contribution in [0.15, 0.2) is 71.1 Å². The predicted molar refractivity (Wildman–Crippen MR) is 149 cm³/mol. The van der Waals surface area contributed by atoms with Crippen LogP contribution in [0.1, 0.15) is 30.1 Å². The number of nitrogens with one attached hydrogen (secondary N) is 2. The van der Waals surface area contributed by atoms with Gasteiger partial charge in [-0.1, -0.05) is 60.3 Å². The minimum Gasteiger partial charge on any atom is -0.490 e. The number of hydrogen-bond acceptors (Lipinski definition) is 8. The molecule has 0 amide bonds. The van der Waals surface area contributed by atoms with Crippen LogP contribution in [-0.2, 0) is 4.74 Å². The van der Waals surface area contributed by atoms with Crippen LogP contribution in [0.3, 0.4) is 0 Å². The summed E-state index contributed by atoms with van der Waals surface area (Å²) >= 11 is 1.10. The average molecular weight is 518 g/mol. The second-order valence-electron chi connectivity index (χ2n) is 9.35. The van der Waals surface area contributed by atoms with Crippen LogP contribution in [0.2, 0.25) is 0 Å². The Hall–Kier alpha value is -3.33. The maximum Gasteiger partial charge on any atom is 0.257 e. The summed E-state index contributed by atoms with van der Waals surface area (Å²) in [5.74, 6) is 1.12. The molecule has 1 aliphatic heterocycles. The molecule has 1 aromatic heterocycles. The Bertz CT molecular complexity index is 1410. The van der Waals surface area contributed by atoms with Crippen molar-refractivity contribution in [3.63, 3.8) is 0 Å². The maximum absolute atomic E-state index is 10.7. The summed E-state index contributed by atoms with van der Waals surface area (Å²) < 4.78 is 16.8. The molecule has 3 aromatic carbocycles. The minimum atomic E-state index is -0.623. The molecule has 192 valence electrons. The van der Waals surface area contributed by atoms with Crippen LogP contribution in [0.25, 0.3) is 21.7 Å². The molecule has 37 heavy (non-hydrogen) atoms. The first kappa shape index (κ1) is 25.3. The van der Waals surface area contributed by atoms with Crippen LogP contribution in [0.5, 0.6) is 5.75 Å². The SMILES string of the molecule is CSC(=N)OC(=N)c1cc2c(OC[C@H](O)CN3CCC(c4ccc5ccccc5c4)CC3)cccc2o1. The molecule has 1 fully saturated rings. The van der Waals surface area contributed by atoms with Crippen molar-refractivity contribution < 1.29 is 19.0 Å². The highest BCUT2D eigenvalue weighted by Crippen LogP contribution is 2.31. The molecular formula is C29H31N3O4S. The van der Waals surface area contributed by atoms with E-state index in [1.54, 1.807) is 18.4 Å². The number of likely N-dealkylation sites (tertiary alicyclic amines) is 1. The maximum atomic E-state index is 10.7. The van der Waals surface area contributed by atoms with E-state index >= 15 is 0 Å². The van der Waals surface area contributed by atoms with Gasteiger partial charge in [0.1, 0.15) is 24.0 Å². The molecule has 1 saturated heterocycles. The van der Waals surface area contributed by atoms with Gasteiger partial charge in [0, 0.05) is 12.6 Å². The zero-order chi connectivity index (χ0) is 25.8. The Labute approximate surface area is 220 Å². The molecule has 0 radical (unpaired) electrons. The highest BCUT2D eigenvalue weighted by Gasteiger charge is 2.23. The van der Waals surface area contributed by atoms with Gasteiger partial charge in [-0.25, -0.2) is 0 Å². The van der Waals surface area contributed by atoms with E-state index in [9.17, 15) is 5.11 Å². The van der Waals surface area contributed by atoms with E-state index in [-0.39, 0.29) is 23.5 Å². The third-order valence-electron chi connectivity index (χ3n) is 6.86. The molecule has 1 atom stereocenters. The lowest BCUT2D eigenvalue weighted by atomic mass is 9.88. The number of β-amino-alcohol motifs (C(OH)–C–C–N with tert-alkyl or cyclic N) is 1. The molecule has 4 aromatic rings. The number of nitrogens with zero attached hydrogens (tertiary/aromatic N) is 1. The number of rotatable bonds is 7. The van der Waals surface area contributed by atoms with Crippen molar-refractivity contribution in [1.82, 2.24) is 4.90 Å². The van der Waals surface area contributed by atoms with Crippen molar-refractivity contribution in [3.8, 4) is 5.75 Å². The quantitative estimate of drug-likeness (QED) is 0.210. The topological polar surface area (TPSA) is 103 Å². The Morgan fingerprint density at radius 2 is 1.84 bits per heavy atom. The van der Waals surface area contributed by atoms with Crippen molar-refractivity contribution in [3.05, 3.63) is 78.1 Å². The lowest BCUT2D eigenvalue weighted by molar-refractivity contribution is 0.0599. The van der Waals surface area contributed by atoms with E-state index in [0.717, 1.165) is 37.7 Å². The number of hydrogen-bond donors (Lipinski definition) is 3. The van der Waals surface area contributed by atoms with Crippen molar-refractivity contribution in [2.75, 3.05) is 32.5 Å². The van der Waals surface area contributed by atoms with E-state index in [1.807, 2.05) is 12.1 Å². The van der Waals surface area contributed by atoms with Gasteiger partial charge >= 0.3 is 0 Å². The van der Waals surface area contributed by atoms with Gasteiger partial charge < -0.3 is 23.9 Å². The number of fused-ring (bicyclic) bond motifs is 2.